The molecule has 0 aromatic carbocycles. The van der Waals surface area contributed by atoms with Crippen LogP contribution in [0, 0.1) is 0 Å². The highest BCUT2D eigenvalue weighted by atomic mass is 16.5. The lowest BCUT2D eigenvalue weighted by Crippen LogP contribution is -2.16. The van der Waals surface area contributed by atoms with Gasteiger partial charge in [0.25, 0.3) is 0 Å². The first-order chi connectivity index (χ1) is 7.15. The molecule has 1 aromatic heterocycles. The Bertz CT molecular complexity index is 361. The van der Waals surface area contributed by atoms with Gasteiger partial charge in [0.05, 0.1) is 30.5 Å². The summed E-state index contributed by atoms with van der Waals surface area (Å²) in [7, 11) is 0. The van der Waals surface area contributed by atoms with E-state index in [1.165, 1.54) is 12.4 Å². The first kappa shape index (κ1) is 10.2. The molecule has 82 valence electrons. The van der Waals surface area contributed by atoms with Crippen molar-refractivity contribution in [2.75, 3.05) is 0 Å². The highest BCUT2D eigenvalue weighted by Crippen LogP contribution is 2.20. The maximum Gasteiger partial charge on any atom is 0.338 e. The van der Waals surface area contributed by atoms with Crippen LogP contribution in [0.4, 0.5) is 0 Å². The predicted octanol–water partition coefficient (Wildman–Crippen LogP) is 1.15. The molecule has 0 aliphatic carbocycles. The van der Waals surface area contributed by atoms with Gasteiger partial charge in [-0.2, -0.15) is 5.10 Å². The van der Waals surface area contributed by atoms with E-state index in [1.807, 2.05) is 6.92 Å². The minimum Gasteiger partial charge on any atom is -0.478 e. The largest absolute Gasteiger partial charge is 0.478 e. The van der Waals surface area contributed by atoms with Crippen LogP contribution in [0.25, 0.3) is 0 Å². The third kappa shape index (κ3) is 2.36. The van der Waals surface area contributed by atoms with E-state index in [0.29, 0.717) is 12.6 Å². The van der Waals surface area contributed by atoms with E-state index in [0.717, 1.165) is 12.8 Å². The Balaban J connectivity index is 1.96. The Morgan fingerprint density at radius 3 is 3.07 bits per heavy atom. The van der Waals surface area contributed by atoms with Gasteiger partial charge >= 0.3 is 5.97 Å². The Morgan fingerprint density at radius 2 is 2.53 bits per heavy atom. The van der Waals surface area contributed by atoms with Crippen LogP contribution in [0.1, 0.15) is 30.1 Å². The third-order valence-electron chi connectivity index (χ3n) is 2.59. The Morgan fingerprint density at radius 1 is 1.73 bits per heavy atom. The number of aromatic carboxylic acids is 1. The zero-order valence-electron chi connectivity index (χ0n) is 8.59. The molecule has 1 aliphatic heterocycles. The van der Waals surface area contributed by atoms with Gasteiger partial charge in [0.1, 0.15) is 0 Å². The van der Waals surface area contributed by atoms with Crippen molar-refractivity contribution >= 4 is 5.97 Å². The van der Waals surface area contributed by atoms with E-state index in [1.54, 1.807) is 4.68 Å². The fourth-order valence-corrected chi connectivity index (χ4v) is 1.80. The number of aromatic nitrogens is 2. The SMILES string of the molecule is CC1CCC(Cn2cc(C(=O)O)cn2)O1. The molecule has 0 amide bonds. The Hall–Kier alpha value is -1.36. The van der Waals surface area contributed by atoms with Gasteiger partial charge in [-0.05, 0) is 19.8 Å². The van der Waals surface area contributed by atoms with Crippen molar-refractivity contribution in [1.82, 2.24) is 9.78 Å². The average Bonchev–Trinajstić information content (AvgIpc) is 2.76. The highest BCUT2D eigenvalue weighted by Gasteiger charge is 2.22. The van der Waals surface area contributed by atoms with Gasteiger partial charge in [0.2, 0.25) is 0 Å². The van der Waals surface area contributed by atoms with E-state index >= 15 is 0 Å². The zero-order valence-corrected chi connectivity index (χ0v) is 8.59. The number of hydrogen-bond donors (Lipinski definition) is 1. The van der Waals surface area contributed by atoms with Crippen molar-refractivity contribution < 1.29 is 14.6 Å². The molecular weight excluding hydrogens is 196 g/mol. The van der Waals surface area contributed by atoms with Gasteiger partial charge in [-0.15, -0.1) is 0 Å². The Labute approximate surface area is 87.7 Å². The van der Waals surface area contributed by atoms with Crippen LogP contribution in [0.15, 0.2) is 12.4 Å². The normalized spacial score (nSPS) is 25.7. The van der Waals surface area contributed by atoms with E-state index in [-0.39, 0.29) is 11.7 Å². The van der Waals surface area contributed by atoms with E-state index in [4.69, 9.17) is 9.84 Å². The third-order valence-corrected chi connectivity index (χ3v) is 2.59. The van der Waals surface area contributed by atoms with E-state index < -0.39 is 5.97 Å². The first-order valence-corrected chi connectivity index (χ1v) is 5.06. The molecule has 5 nitrogen and oxygen atoms in total. The lowest BCUT2D eigenvalue weighted by Gasteiger charge is -2.10. The summed E-state index contributed by atoms with van der Waals surface area (Å²) >= 11 is 0. The minimum absolute atomic E-state index is 0.168. The topological polar surface area (TPSA) is 64.4 Å². The lowest BCUT2D eigenvalue weighted by atomic mass is 10.2. The molecule has 1 aliphatic rings. The molecule has 2 heterocycles. The van der Waals surface area contributed by atoms with Gasteiger partial charge in [0.15, 0.2) is 0 Å². The smallest absolute Gasteiger partial charge is 0.338 e. The number of carbonyl (C=O) groups is 1. The summed E-state index contributed by atoms with van der Waals surface area (Å²) in [5, 5.41) is 12.7. The summed E-state index contributed by atoms with van der Waals surface area (Å²) in [6.07, 6.45) is 5.46. The quantitative estimate of drug-likeness (QED) is 0.812. The number of rotatable bonds is 3. The Kier molecular flexibility index (Phi) is 2.73. The van der Waals surface area contributed by atoms with Crippen molar-refractivity contribution in [3.8, 4) is 0 Å². The molecule has 2 unspecified atom stereocenters. The van der Waals surface area contributed by atoms with Crippen LogP contribution in [0.3, 0.4) is 0 Å². The van der Waals surface area contributed by atoms with Crippen LogP contribution < -0.4 is 0 Å². The molecule has 2 rings (SSSR count). The fourth-order valence-electron chi connectivity index (χ4n) is 1.80. The summed E-state index contributed by atoms with van der Waals surface area (Å²) in [5.41, 5.74) is 0.223. The molecule has 2 atom stereocenters. The van der Waals surface area contributed by atoms with Gasteiger partial charge in [-0.1, -0.05) is 0 Å². The summed E-state index contributed by atoms with van der Waals surface area (Å²) < 4.78 is 7.26. The second-order valence-electron chi connectivity index (χ2n) is 3.90. The summed E-state index contributed by atoms with van der Waals surface area (Å²) in [5.74, 6) is -0.943. The van der Waals surface area contributed by atoms with Gasteiger partial charge in [-0.3, -0.25) is 4.68 Å². The molecular formula is C10H14N2O3. The molecule has 1 N–H and O–H groups in total. The van der Waals surface area contributed by atoms with Crippen molar-refractivity contribution in [2.24, 2.45) is 0 Å². The van der Waals surface area contributed by atoms with Gasteiger partial charge in [-0.25, -0.2) is 4.79 Å². The van der Waals surface area contributed by atoms with Gasteiger partial charge in [0, 0.05) is 6.20 Å². The van der Waals surface area contributed by atoms with Crippen LogP contribution in [0.5, 0.6) is 0 Å². The van der Waals surface area contributed by atoms with Gasteiger partial charge < -0.3 is 9.84 Å². The van der Waals surface area contributed by atoms with E-state index in [9.17, 15) is 4.79 Å². The highest BCUT2D eigenvalue weighted by molar-refractivity contribution is 5.86. The number of carboxylic acid groups (broad SMARTS) is 1. The summed E-state index contributed by atoms with van der Waals surface area (Å²) in [6.45, 7) is 2.68. The summed E-state index contributed by atoms with van der Waals surface area (Å²) in [6, 6.07) is 0. The average molecular weight is 210 g/mol. The number of carboxylic acids is 1. The monoisotopic (exact) mass is 210 g/mol. The maximum atomic E-state index is 10.6. The van der Waals surface area contributed by atoms with Crippen molar-refractivity contribution in [3.05, 3.63) is 18.0 Å². The van der Waals surface area contributed by atoms with Crippen LogP contribution in [-0.2, 0) is 11.3 Å². The van der Waals surface area contributed by atoms with Crippen molar-refractivity contribution in [2.45, 2.75) is 38.5 Å². The second-order valence-corrected chi connectivity index (χ2v) is 3.90. The molecule has 15 heavy (non-hydrogen) atoms. The molecule has 1 fully saturated rings. The van der Waals surface area contributed by atoms with Crippen LogP contribution in [-0.4, -0.2) is 33.1 Å². The van der Waals surface area contributed by atoms with Crippen molar-refractivity contribution in [1.29, 1.82) is 0 Å². The molecule has 1 saturated heterocycles. The lowest BCUT2D eigenvalue weighted by molar-refractivity contribution is 0.0436. The fraction of sp³-hybridized carbons (Fsp3) is 0.600. The van der Waals surface area contributed by atoms with Crippen molar-refractivity contribution in [3.63, 3.8) is 0 Å². The summed E-state index contributed by atoms with van der Waals surface area (Å²) in [4.78, 5) is 10.6. The molecule has 0 bridgehead atoms. The number of nitrogens with zero attached hydrogens (tertiary/aromatic N) is 2. The first-order valence-electron chi connectivity index (χ1n) is 5.06. The molecule has 0 spiro atoms. The molecule has 0 saturated carbocycles. The van der Waals surface area contributed by atoms with E-state index in [2.05, 4.69) is 5.10 Å². The second kappa shape index (κ2) is 4.02. The maximum absolute atomic E-state index is 10.6. The van der Waals surface area contributed by atoms with Crippen LogP contribution in [0.2, 0.25) is 0 Å². The molecule has 1 aromatic rings. The van der Waals surface area contributed by atoms with Crippen LogP contribution >= 0.6 is 0 Å². The number of ether oxygens (including phenoxy) is 1. The zero-order chi connectivity index (χ0) is 10.8. The molecule has 5 heteroatoms. The minimum atomic E-state index is -0.943. The predicted molar refractivity (Wildman–Crippen MR) is 52.8 cm³/mol. The number of hydrogen-bond acceptors (Lipinski definition) is 3. The standard InChI is InChI=1S/C10H14N2O3/c1-7-2-3-9(15-7)6-12-5-8(4-11-12)10(13)14/h4-5,7,9H,2-3,6H2,1H3,(H,13,14). The molecule has 0 radical (unpaired) electrons.